The van der Waals surface area contributed by atoms with Gasteiger partial charge in [0.2, 0.25) is 0 Å². The summed E-state index contributed by atoms with van der Waals surface area (Å²) in [6, 6.07) is 7.51. The van der Waals surface area contributed by atoms with Gasteiger partial charge < -0.3 is 10.1 Å². The van der Waals surface area contributed by atoms with E-state index in [1.165, 1.54) is 55.5 Å². The van der Waals surface area contributed by atoms with E-state index in [0.717, 1.165) is 6.42 Å². The Balaban J connectivity index is 1.53. The summed E-state index contributed by atoms with van der Waals surface area (Å²) in [5.41, 5.74) is 3.89. The van der Waals surface area contributed by atoms with Gasteiger partial charge in [-0.2, -0.15) is 0 Å². The second kappa shape index (κ2) is 7.14. The van der Waals surface area contributed by atoms with Crippen LogP contribution in [-0.2, 0) is 17.6 Å². The molecule has 0 radical (unpaired) electrons. The maximum atomic E-state index is 11.7. The van der Waals surface area contributed by atoms with E-state index in [2.05, 4.69) is 28.4 Å². The first-order chi connectivity index (χ1) is 11.4. The highest BCUT2D eigenvalue weighted by Gasteiger charge is 2.29. The molecule has 1 aromatic carbocycles. The Morgan fingerprint density at radius 1 is 1.29 bits per heavy atom. The molecule has 0 spiro atoms. The fourth-order valence-corrected chi connectivity index (χ4v) is 3.86. The summed E-state index contributed by atoms with van der Waals surface area (Å²) in [5.74, 6) is 0. The summed E-state index contributed by atoms with van der Waals surface area (Å²) in [5, 5.41) is 2.84. The molecule has 0 saturated carbocycles. The summed E-state index contributed by atoms with van der Waals surface area (Å²) in [6.45, 7) is 8.76. The monoisotopic (exact) mass is 330 g/mol. The van der Waals surface area contributed by atoms with Crippen LogP contribution >= 0.6 is 0 Å². The minimum absolute atomic E-state index is 0.335. The smallest absolute Gasteiger partial charge is 0.407 e. The van der Waals surface area contributed by atoms with Crippen LogP contribution < -0.4 is 5.32 Å². The Labute approximate surface area is 145 Å². The first-order valence-electron chi connectivity index (χ1n) is 9.25. The number of likely N-dealkylation sites (tertiary alicyclic amines) is 1. The number of benzene rings is 1. The lowest BCUT2D eigenvalue weighted by molar-refractivity contribution is 0.0528. The number of rotatable bonds is 4. The van der Waals surface area contributed by atoms with Gasteiger partial charge in [-0.1, -0.05) is 18.2 Å². The molecule has 1 N–H and O–H groups in total. The molecule has 4 heteroatoms. The van der Waals surface area contributed by atoms with Gasteiger partial charge in [0, 0.05) is 12.6 Å². The van der Waals surface area contributed by atoms with Crippen LogP contribution in [0.25, 0.3) is 0 Å². The lowest BCUT2D eigenvalue weighted by Crippen LogP contribution is -2.33. The molecule has 3 rings (SSSR count). The van der Waals surface area contributed by atoms with Crippen molar-refractivity contribution in [1.82, 2.24) is 10.2 Å². The van der Waals surface area contributed by atoms with Gasteiger partial charge in [-0.15, -0.1) is 0 Å². The van der Waals surface area contributed by atoms with E-state index in [9.17, 15) is 4.79 Å². The van der Waals surface area contributed by atoms with Crippen molar-refractivity contribution < 1.29 is 9.53 Å². The van der Waals surface area contributed by atoms with Gasteiger partial charge in [0.1, 0.15) is 5.60 Å². The second-order valence-corrected chi connectivity index (χ2v) is 8.01. The Morgan fingerprint density at radius 3 is 2.75 bits per heavy atom. The van der Waals surface area contributed by atoms with Crippen molar-refractivity contribution in [2.45, 2.75) is 64.5 Å². The summed E-state index contributed by atoms with van der Waals surface area (Å²) < 4.78 is 5.27. The molecule has 1 atom stereocenters. The number of nitrogens with one attached hydrogen (secondary N) is 1. The molecule has 1 unspecified atom stereocenters. The first kappa shape index (κ1) is 17.3. The number of alkyl carbamates (subject to hydrolysis) is 1. The average molecular weight is 330 g/mol. The summed E-state index contributed by atoms with van der Waals surface area (Å²) in [4.78, 5) is 14.3. The molecule has 1 heterocycles. The van der Waals surface area contributed by atoms with Gasteiger partial charge in [-0.3, -0.25) is 4.90 Å². The molecule has 4 nitrogen and oxygen atoms in total. The SMILES string of the molecule is CC(C)(C)OC(=O)NCCc1ccc2c(c1)CCC2N1CCCC1. The number of carbonyl (C=O) groups is 1. The molecule has 1 aromatic rings. The van der Waals surface area contributed by atoms with Gasteiger partial charge in [-0.05, 0) is 82.7 Å². The predicted octanol–water partition coefficient (Wildman–Crippen LogP) is 3.84. The second-order valence-electron chi connectivity index (χ2n) is 8.01. The maximum Gasteiger partial charge on any atom is 0.407 e. The highest BCUT2D eigenvalue weighted by atomic mass is 16.6. The first-order valence-corrected chi connectivity index (χ1v) is 9.25. The molecule has 132 valence electrons. The Morgan fingerprint density at radius 2 is 2.04 bits per heavy atom. The van der Waals surface area contributed by atoms with Crippen molar-refractivity contribution in [2.75, 3.05) is 19.6 Å². The van der Waals surface area contributed by atoms with Crippen LogP contribution in [0.15, 0.2) is 18.2 Å². The number of aryl methyl sites for hydroxylation is 1. The number of ether oxygens (including phenoxy) is 1. The Hall–Kier alpha value is -1.55. The van der Waals surface area contributed by atoms with Crippen LogP contribution in [-0.4, -0.2) is 36.2 Å². The van der Waals surface area contributed by atoms with Gasteiger partial charge in [0.15, 0.2) is 0 Å². The fraction of sp³-hybridized carbons (Fsp3) is 0.650. The van der Waals surface area contributed by atoms with E-state index in [1.54, 1.807) is 0 Å². The molecule has 0 aromatic heterocycles. The molecule has 1 fully saturated rings. The minimum Gasteiger partial charge on any atom is -0.444 e. The standard InChI is InChI=1S/C20H30N2O2/c1-20(2,3)24-19(23)21-11-10-15-6-8-17-16(14-15)7-9-18(17)22-12-4-5-13-22/h6,8,14,18H,4-5,7,9-13H2,1-3H3,(H,21,23). The molecule has 0 bridgehead atoms. The molecule has 1 aliphatic heterocycles. The van der Waals surface area contributed by atoms with Crippen LogP contribution in [0.5, 0.6) is 0 Å². The van der Waals surface area contributed by atoms with Crippen molar-refractivity contribution in [3.63, 3.8) is 0 Å². The molecule has 1 saturated heterocycles. The van der Waals surface area contributed by atoms with E-state index in [1.807, 2.05) is 20.8 Å². The maximum absolute atomic E-state index is 11.7. The van der Waals surface area contributed by atoms with Gasteiger partial charge >= 0.3 is 6.09 Å². The molecular weight excluding hydrogens is 300 g/mol. The Kier molecular flexibility index (Phi) is 5.14. The van der Waals surface area contributed by atoms with Crippen molar-refractivity contribution in [3.8, 4) is 0 Å². The minimum atomic E-state index is -0.442. The third-order valence-corrected chi connectivity index (χ3v) is 4.92. The lowest BCUT2D eigenvalue weighted by Gasteiger charge is -2.24. The van der Waals surface area contributed by atoms with Crippen molar-refractivity contribution in [1.29, 1.82) is 0 Å². The predicted molar refractivity (Wildman–Crippen MR) is 96.3 cm³/mol. The number of amides is 1. The zero-order valence-corrected chi connectivity index (χ0v) is 15.2. The van der Waals surface area contributed by atoms with E-state index in [4.69, 9.17) is 4.74 Å². The largest absolute Gasteiger partial charge is 0.444 e. The lowest BCUT2D eigenvalue weighted by atomic mass is 10.0. The number of carbonyl (C=O) groups excluding carboxylic acids is 1. The average Bonchev–Trinajstić information content (AvgIpc) is 3.13. The highest BCUT2D eigenvalue weighted by Crippen LogP contribution is 2.37. The van der Waals surface area contributed by atoms with Crippen LogP contribution in [0.2, 0.25) is 0 Å². The number of nitrogens with zero attached hydrogens (tertiary/aromatic N) is 1. The zero-order valence-electron chi connectivity index (χ0n) is 15.2. The molecular formula is C20H30N2O2. The van der Waals surface area contributed by atoms with Crippen LogP contribution in [0.1, 0.15) is 62.8 Å². The van der Waals surface area contributed by atoms with E-state index >= 15 is 0 Å². The van der Waals surface area contributed by atoms with E-state index in [-0.39, 0.29) is 6.09 Å². The zero-order chi connectivity index (χ0) is 17.2. The van der Waals surface area contributed by atoms with Crippen molar-refractivity contribution in [2.24, 2.45) is 0 Å². The number of fused-ring (bicyclic) bond motifs is 1. The molecule has 1 amide bonds. The van der Waals surface area contributed by atoms with E-state index in [0.29, 0.717) is 12.6 Å². The third-order valence-electron chi connectivity index (χ3n) is 4.92. The van der Waals surface area contributed by atoms with Crippen molar-refractivity contribution in [3.05, 3.63) is 34.9 Å². The van der Waals surface area contributed by atoms with Crippen LogP contribution in [0, 0.1) is 0 Å². The number of hydrogen-bond acceptors (Lipinski definition) is 3. The topological polar surface area (TPSA) is 41.6 Å². The Bertz CT molecular complexity index is 586. The highest BCUT2D eigenvalue weighted by molar-refractivity contribution is 5.67. The van der Waals surface area contributed by atoms with Crippen LogP contribution in [0.4, 0.5) is 4.79 Å². The summed E-state index contributed by atoms with van der Waals surface area (Å²) in [7, 11) is 0. The van der Waals surface area contributed by atoms with Gasteiger partial charge in [0.05, 0.1) is 0 Å². The van der Waals surface area contributed by atoms with Gasteiger partial charge in [0.25, 0.3) is 0 Å². The van der Waals surface area contributed by atoms with Crippen LogP contribution in [0.3, 0.4) is 0 Å². The summed E-state index contributed by atoms with van der Waals surface area (Å²) in [6.07, 6.45) is 5.65. The number of hydrogen-bond donors (Lipinski definition) is 1. The molecule has 2 aliphatic rings. The quantitative estimate of drug-likeness (QED) is 0.912. The summed E-state index contributed by atoms with van der Waals surface area (Å²) >= 11 is 0. The van der Waals surface area contributed by atoms with Crippen molar-refractivity contribution >= 4 is 6.09 Å². The third kappa shape index (κ3) is 4.29. The molecule has 1 aliphatic carbocycles. The molecule has 24 heavy (non-hydrogen) atoms. The fourth-order valence-electron chi connectivity index (χ4n) is 3.86. The normalized spacial score (nSPS) is 20.9. The van der Waals surface area contributed by atoms with Gasteiger partial charge in [-0.25, -0.2) is 4.79 Å². The van der Waals surface area contributed by atoms with E-state index < -0.39 is 5.60 Å².